The molecule has 1 aliphatic carbocycles. The minimum absolute atomic E-state index is 0.0114. The highest BCUT2D eigenvalue weighted by atomic mass is 16.5. The first-order valence-electron chi connectivity index (χ1n) is 8.93. The summed E-state index contributed by atoms with van der Waals surface area (Å²) in [5.41, 5.74) is 2.82. The van der Waals surface area contributed by atoms with E-state index in [1.807, 2.05) is 19.1 Å². The second-order valence-corrected chi connectivity index (χ2v) is 6.85. The number of phenolic OH excluding ortho intramolecular Hbond substituents is 1. The maximum absolute atomic E-state index is 12.4. The molecule has 2 heterocycles. The molecule has 0 radical (unpaired) electrons. The smallest absolute Gasteiger partial charge is 0.255 e. The molecule has 2 N–H and O–H groups in total. The summed E-state index contributed by atoms with van der Waals surface area (Å²) in [5, 5.41) is 9.82. The molecule has 0 unspecified atom stereocenters. The lowest BCUT2D eigenvalue weighted by atomic mass is 10.1. The molecule has 2 aromatic rings. The highest BCUT2D eigenvalue weighted by molar-refractivity contribution is 5.41. The monoisotopic (exact) mass is 341 g/mol. The number of benzene rings is 1. The fourth-order valence-corrected chi connectivity index (χ4v) is 3.37. The Morgan fingerprint density at radius 3 is 3.00 bits per heavy atom. The Bertz CT molecular complexity index is 842. The van der Waals surface area contributed by atoms with Crippen LogP contribution in [0.4, 0.5) is 0 Å². The molecule has 25 heavy (non-hydrogen) atoms. The summed E-state index contributed by atoms with van der Waals surface area (Å²) in [6, 6.07) is 5.42. The standard InChI is InChI=1S/C19H23N3O3/c1-2-25-17-9-12(3-6-16(17)23)10-22-8-7-15-14(11-22)19(24)21-18(20-15)13-4-5-13/h3,6,9,13,23H,2,4-5,7-8,10-11H2,1H3,(H,20,21,24). The zero-order valence-electron chi connectivity index (χ0n) is 14.4. The van der Waals surface area contributed by atoms with Crippen LogP contribution in [0.3, 0.4) is 0 Å². The van der Waals surface area contributed by atoms with E-state index in [0.717, 1.165) is 48.5 Å². The maximum Gasteiger partial charge on any atom is 0.255 e. The summed E-state index contributed by atoms with van der Waals surface area (Å²) in [6.07, 6.45) is 3.07. The van der Waals surface area contributed by atoms with Gasteiger partial charge in [0.1, 0.15) is 5.82 Å². The first-order chi connectivity index (χ1) is 12.1. The van der Waals surface area contributed by atoms with Crippen molar-refractivity contribution in [1.29, 1.82) is 0 Å². The van der Waals surface area contributed by atoms with E-state index in [0.29, 0.717) is 31.4 Å². The summed E-state index contributed by atoms with van der Waals surface area (Å²) in [6.45, 7) is 4.59. The Morgan fingerprint density at radius 2 is 2.24 bits per heavy atom. The predicted octanol–water partition coefficient (Wildman–Crippen LogP) is 2.31. The van der Waals surface area contributed by atoms with E-state index in [-0.39, 0.29) is 11.3 Å². The lowest BCUT2D eigenvalue weighted by Crippen LogP contribution is -2.35. The number of hydrogen-bond acceptors (Lipinski definition) is 5. The quantitative estimate of drug-likeness (QED) is 0.872. The van der Waals surface area contributed by atoms with Gasteiger partial charge in [0.15, 0.2) is 11.5 Å². The van der Waals surface area contributed by atoms with E-state index in [9.17, 15) is 9.90 Å². The Morgan fingerprint density at radius 1 is 1.40 bits per heavy atom. The molecule has 1 aromatic heterocycles. The van der Waals surface area contributed by atoms with Crippen molar-refractivity contribution in [2.75, 3.05) is 13.2 Å². The SMILES string of the molecule is CCOc1cc(CN2CCc3nc(C4CC4)[nH]c(=O)c3C2)ccc1O. The minimum Gasteiger partial charge on any atom is -0.504 e. The van der Waals surface area contributed by atoms with Gasteiger partial charge in [0.25, 0.3) is 5.56 Å². The van der Waals surface area contributed by atoms with Gasteiger partial charge in [0.2, 0.25) is 0 Å². The molecular formula is C19H23N3O3. The molecule has 1 fully saturated rings. The Labute approximate surface area is 146 Å². The lowest BCUT2D eigenvalue weighted by Gasteiger charge is -2.28. The normalized spacial score (nSPS) is 17.3. The first-order valence-corrected chi connectivity index (χ1v) is 8.93. The van der Waals surface area contributed by atoms with E-state index in [4.69, 9.17) is 9.72 Å². The number of H-pyrrole nitrogens is 1. The molecule has 6 heteroatoms. The van der Waals surface area contributed by atoms with Crippen LogP contribution in [-0.2, 0) is 19.5 Å². The van der Waals surface area contributed by atoms with Crippen LogP contribution >= 0.6 is 0 Å². The number of fused-ring (bicyclic) bond motifs is 1. The van der Waals surface area contributed by atoms with Crippen LogP contribution < -0.4 is 10.3 Å². The molecular weight excluding hydrogens is 318 g/mol. The van der Waals surface area contributed by atoms with Gasteiger partial charge in [0.05, 0.1) is 17.9 Å². The number of nitrogens with one attached hydrogen (secondary N) is 1. The number of hydrogen-bond donors (Lipinski definition) is 2. The molecule has 0 atom stereocenters. The van der Waals surface area contributed by atoms with Crippen molar-refractivity contribution in [3.8, 4) is 11.5 Å². The van der Waals surface area contributed by atoms with Crippen molar-refractivity contribution in [1.82, 2.24) is 14.9 Å². The molecule has 132 valence electrons. The van der Waals surface area contributed by atoms with E-state index < -0.39 is 0 Å². The zero-order chi connectivity index (χ0) is 17.4. The average molecular weight is 341 g/mol. The molecule has 1 aromatic carbocycles. The van der Waals surface area contributed by atoms with Crippen LogP contribution in [0.5, 0.6) is 11.5 Å². The summed E-state index contributed by atoms with van der Waals surface area (Å²) >= 11 is 0. The molecule has 0 saturated heterocycles. The van der Waals surface area contributed by atoms with Crippen LogP contribution in [-0.4, -0.2) is 33.1 Å². The molecule has 1 aliphatic heterocycles. The summed E-state index contributed by atoms with van der Waals surface area (Å²) < 4.78 is 5.45. The molecule has 0 amide bonds. The van der Waals surface area contributed by atoms with Gasteiger partial charge in [-0.1, -0.05) is 6.07 Å². The fraction of sp³-hybridized carbons (Fsp3) is 0.474. The van der Waals surface area contributed by atoms with Gasteiger partial charge in [-0.3, -0.25) is 9.69 Å². The van der Waals surface area contributed by atoms with Crippen molar-refractivity contribution in [2.45, 2.75) is 45.2 Å². The summed E-state index contributed by atoms with van der Waals surface area (Å²) in [5.74, 6) is 2.00. The third-order valence-electron chi connectivity index (χ3n) is 4.86. The maximum atomic E-state index is 12.4. The number of aromatic nitrogens is 2. The van der Waals surface area contributed by atoms with Gasteiger partial charge < -0.3 is 14.8 Å². The Balaban J connectivity index is 1.51. The topological polar surface area (TPSA) is 78.5 Å². The van der Waals surface area contributed by atoms with Crippen LogP contribution in [0.1, 0.15) is 48.3 Å². The third-order valence-corrected chi connectivity index (χ3v) is 4.86. The number of rotatable bonds is 5. The molecule has 4 rings (SSSR count). The summed E-state index contributed by atoms with van der Waals surface area (Å²) in [7, 11) is 0. The van der Waals surface area contributed by atoms with Crippen molar-refractivity contribution < 1.29 is 9.84 Å². The van der Waals surface area contributed by atoms with E-state index in [1.54, 1.807) is 6.07 Å². The second-order valence-electron chi connectivity index (χ2n) is 6.85. The van der Waals surface area contributed by atoms with E-state index >= 15 is 0 Å². The second kappa shape index (κ2) is 6.52. The highest BCUT2D eigenvalue weighted by Gasteiger charge is 2.29. The Hall–Kier alpha value is -2.34. The van der Waals surface area contributed by atoms with Crippen LogP contribution in [0.25, 0.3) is 0 Å². The van der Waals surface area contributed by atoms with Gasteiger partial charge in [-0.2, -0.15) is 0 Å². The third kappa shape index (κ3) is 3.39. The fourth-order valence-electron chi connectivity index (χ4n) is 3.37. The molecule has 2 aliphatic rings. The first kappa shape index (κ1) is 16.1. The van der Waals surface area contributed by atoms with Gasteiger partial charge in [-0.25, -0.2) is 4.98 Å². The summed E-state index contributed by atoms with van der Waals surface area (Å²) in [4.78, 5) is 22.3. The number of aromatic hydroxyl groups is 1. The number of phenols is 1. The van der Waals surface area contributed by atoms with Crippen LogP contribution in [0, 0.1) is 0 Å². The highest BCUT2D eigenvalue weighted by Crippen LogP contribution is 2.38. The van der Waals surface area contributed by atoms with Crippen molar-refractivity contribution in [3.05, 3.63) is 51.2 Å². The lowest BCUT2D eigenvalue weighted by molar-refractivity contribution is 0.240. The van der Waals surface area contributed by atoms with Gasteiger partial charge in [-0.15, -0.1) is 0 Å². The van der Waals surface area contributed by atoms with Crippen molar-refractivity contribution in [2.24, 2.45) is 0 Å². The van der Waals surface area contributed by atoms with Crippen molar-refractivity contribution >= 4 is 0 Å². The van der Waals surface area contributed by atoms with Crippen LogP contribution in [0.15, 0.2) is 23.0 Å². The Kier molecular flexibility index (Phi) is 4.21. The van der Waals surface area contributed by atoms with Gasteiger partial charge in [-0.05, 0) is 37.5 Å². The number of nitrogens with zero attached hydrogens (tertiary/aromatic N) is 2. The van der Waals surface area contributed by atoms with Crippen molar-refractivity contribution in [3.63, 3.8) is 0 Å². The average Bonchev–Trinajstić information content (AvgIpc) is 3.43. The molecule has 0 spiro atoms. The zero-order valence-corrected chi connectivity index (χ0v) is 14.4. The van der Waals surface area contributed by atoms with Gasteiger partial charge >= 0.3 is 0 Å². The molecule has 1 saturated carbocycles. The largest absolute Gasteiger partial charge is 0.504 e. The van der Waals surface area contributed by atoms with Gasteiger partial charge in [0, 0.05) is 32.0 Å². The van der Waals surface area contributed by atoms with Crippen LogP contribution in [0.2, 0.25) is 0 Å². The van der Waals surface area contributed by atoms with E-state index in [2.05, 4.69) is 9.88 Å². The van der Waals surface area contributed by atoms with E-state index in [1.165, 1.54) is 0 Å². The minimum atomic E-state index is 0.0114. The molecule has 0 bridgehead atoms. The number of ether oxygens (including phenoxy) is 1. The number of aromatic amines is 1. The predicted molar refractivity (Wildman–Crippen MR) is 93.9 cm³/mol. The molecule has 6 nitrogen and oxygen atoms in total.